The summed E-state index contributed by atoms with van der Waals surface area (Å²) in [5, 5.41) is 8.16. The fraction of sp³-hybridized carbons (Fsp3) is 0.364. The van der Waals surface area contributed by atoms with Crippen molar-refractivity contribution in [1.29, 1.82) is 5.41 Å². The molecule has 7 nitrogen and oxygen atoms in total. The Balaban J connectivity index is 1.92. The quantitative estimate of drug-likeness (QED) is 0.316. The van der Waals surface area contributed by atoms with Crippen molar-refractivity contribution in [2.45, 2.75) is 37.7 Å². The Morgan fingerprint density at radius 1 is 1.10 bits per heavy atom. The fourth-order valence-electron chi connectivity index (χ4n) is 2.68. The van der Waals surface area contributed by atoms with Crippen LogP contribution in [0, 0.1) is 5.41 Å². The maximum Gasteiger partial charge on any atom is 0.349 e. The van der Waals surface area contributed by atoms with Crippen molar-refractivity contribution in [3.05, 3.63) is 59.7 Å². The molecule has 0 radical (unpaired) electrons. The Kier molecular flexibility index (Phi) is 8.67. The number of hydrogen-bond donors (Lipinski definition) is 2. The highest BCUT2D eigenvalue weighted by Crippen LogP contribution is 2.20. The van der Waals surface area contributed by atoms with Crippen molar-refractivity contribution in [3.8, 4) is 5.75 Å². The van der Waals surface area contributed by atoms with E-state index in [1.807, 2.05) is 12.1 Å². The van der Waals surface area contributed by atoms with Crippen LogP contribution in [-0.4, -0.2) is 44.4 Å². The van der Waals surface area contributed by atoms with Gasteiger partial charge >= 0.3 is 5.97 Å². The first kappa shape index (κ1) is 24.9. The van der Waals surface area contributed by atoms with Crippen molar-refractivity contribution >= 4 is 32.8 Å². The molecule has 0 aromatic heterocycles. The largest absolute Gasteiger partial charge is 0.476 e. The summed E-state index contributed by atoms with van der Waals surface area (Å²) in [6.07, 6.45) is 2.30. The summed E-state index contributed by atoms with van der Waals surface area (Å²) >= 11 is 1.30. The van der Waals surface area contributed by atoms with Gasteiger partial charge in [-0.2, -0.15) is 0 Å². The average molecular weight is 465 g/mol. The zero-order valence-corrected chi connectivity index (χ0v) is 19.7. The Hall–Kier alpha value is -2.36. The Morgan fingerprint density at radius 3 is 2.26 bits per heavy atom. The molecule has 2 aromatic carbocycles. The van der Waals surface area contributed by atoms with Crippen LogP contribution in [-0.2, 0) is 26.0 Å². The molecule has 0 aliphatic heterocycles. The lowest BCUT2D eigenvalue weighted by Crippen LogP contribution is -2.39. The third kappa shape index (κ3) is 7.09. The van der Waals surface area contributed by atoms with Gasteiger partial charge in [-0.1, -0.05) is 24.3 Å². The van der Waals surface area contributed by atoms with E-state index in [9.17, 15) is 13.2 Å². The molecular formula is C22H28N2O5S2. The molecule has 0 saturated carbocycles. The smallest absolute Gasteiger partial charge is 0.349 e. The van der Waals surface area contributed by atoms with Crippen molar-refractivity contribution in [3.63, 3.8) is 0 Å². The Morgan fingerprint density at radius 2 is 1.71 bits per heavy atom. The molecule has 0 amide bonds. The minimum absolute atomic E-state index is 0.162. The molecule has 0 unspecified atom stereocenters. The highest BCUT2D eigenvalue weighted by Gasteiger charge is 2.31. The molecule has 2 aromatic rings. The zero-order chi connectivity index (χ0) is 23.1. The van der Waals surface area contributed by atoms with E-state index < -0.39 is 21.6 Å². The van der Waals surface area contributed by atoms with Crippen LogP contribution in [0.1, 0.15) is 31.9 Å². The molecular weight excluding hydrogens is 436 g/mol. The van der Waals surface area contributed by atoms with E-state index in [0.717, 1.165) is 5.56 Å². The summed E-state index contributed by atoms with van der Waals surface area (Å²) in [5.41, 5.74) is 0.504. The molecule has 168 valence electrons. The van der Waals surface area contributed by atoms with Gasteiger partial charge in [0.1, 0.15) is 5.75 Å². The van der Waals surface area contributed by atoms with Crippen molar-refractivity contribution in [1.82, 2.24) is 4.72 Å². The number of rotatable bonds is 10. The van der Waals surface area contributed by atoms with Gasteiger partial charge < -0.3 is 9.47 Å². The van der Waals surface area contributed by atoms with Crippen LogP contribution in [0.2, 0.25) is 0 Å². The first-order valence-corrected chi connectivity index (χ1v) is 12.5. The molecule has 9 heteroatoms. The maximum absolute atomic E-state index is 12.5. The number of hydrogen-bond acceptors (Lipinski definition) is 7. The summed E-state index contributed by atoms with van der Waals surface area (Å²) < 4.78 is 38.3. The summed E-state index contributed by atoms with van der Waals surface area (Å²) in [5.74, 6) is 0.0880. The second-order valence-electron chi connectivity index (χ2n) is 7.18. The summed E-state index contributed by atoms with van der Waals surface area (Å²) in [6.45, 7) is 5.55. The molecule has 0 bridgehead atoms. The first-order chi connectivity index (χ1) is 14.6. The fourth-order valence-corrected chi connectivity index (χ4v) is 4.09. The number of esters is 1. The molecule has 31 heavy (non-hydrogen) atoms. The molecule has 0 heterocycles. The van der Waals surface area contributed by atoms with Crippen LogP contribution in [0.25, 0.3) is 0 Å². The molecule has 2 N–H and O–H groups in total. The second kappa shape index (κ2) is 10.8. The zero-order valence-electron chi connectivity index (χ0n) is 18.1. The number of carbonyl (C=O) groups excluding carboxylic acids is 1. The standard InChI is InChI=1S/C22H28N2O5S2/c1-5-28-21(25)22(2,3)29-18-10-6-16(7-11-18)14-15-24-31(26,27)19-12-8-17(9-13-19)20(23)30-4/h6-13,23-24H,5,14-15H2,1-4H3. The number of thioether (sulfide) groups is 1. The van der Waals surface area contributed by atoms with E-state index in [4.69, 9.17) is 14.9 Å². The topological polar surface area (TPSA) is 106 Å². The molecule has 0 atom stereocenters. The monoisotopic (exact) mass is 464 g/mol. The average Bonchev–Trinajstić information content (AvgIpc) is 2.74. The van der Waals surface area contributed by atoms with E-state index in [0.29, 0.717) is 22.8 Å². The highest BCUT2D eigenvalue weighted by molar-refractivity contribution is 8.13. The molecule has 0 fully saturated rings. The lowest BCUT2D eigenvalue weighted by atomic mass is 10.1. The van der Waals surface area contributed by atoms with E-state index in [2.05, 4.69) is 4.72 Å². The van der Waals surface area contributed by atoms with Crippen molar-refractivity contribution < 1.29 is 22.7 Å². The molecule has 0 aliphatic carbocycles. The minimum atomic E-state index is -3.63. The minimum Gasteiger partial charge on any atom is -0.476 e. The Labute approximate surface area is 188 Å². The van der Waals surface area contributed by atoms with Crippen LogP contribution in [0.3, 0.4) is 0 Å². The van der Waals surface area contributed by atoms with Gasteiger partial charge in [0, 0.05) is 12.1 Å². The molecule has 0 saturated heterocycles. The first-order valence-electron chi connectivity index (χ1n) is 9.77. The van der Waals surface area contributed by atoms with Gasteiger partial charge in [-0.25, -0.2) is 17.9 Å². The van der Waals surface area contributed by atoms with Gasteiger partial charge in [0.25, 0.3) is 0 Å². The lowest BCUT2D eigenvalue weighted by molar-refractivity contribution is -0.158. The molecule has 0 aliphatic rings. The van der Waals surface area contributed by atoms with Crippen molar-refractivity contribution in [2.24, 2.45) is 0 Å². The highest BCUT2D eigenvalue weighted by atomic mass is 32.2. The Bertz CT molecular complexity index is 1000. The van der Waals surface area contributed by atoms with Gasteiger partial charge in [0.05, 0.1) is 16.5 Å². The van der Waals surface area contributed by atoms with Crippen LogP contribution in [0.15, 0.2) is 53.4 Å². The predicted octanol–water partition coefficient (Wildman–Crippen LogP) is 3.62. The van der Waals surface area contributed by atoms with Crippen LogP contribution in [0.4, 0.5) is 0 Å². The molecule has 0 spiro atoms. The second-order valence-corrected chi connectivity index (χ2v) is 9.77. The third-order valence-electron chi connectivity index (χ3n) is 4.40. The SMILES string of the molecule is CCOC(=O)C(C)(C)Oc1ccc(CCNS(=O)(=O)c2ccc(C(=N)SC)cc2)cc1. The van der Waals surface area contributed by atoms with Gasteiger partial charge in [-0.05, 0) is 63.3 Å². The number of sulfonamides is 1. The van der Waals surface area contributed by atoms with Gasteiger partial charge in [0.2, 0.25) is 10.0 Å². The van der Waals surface area contributed by atoms with Crippen LogP contribution < -0.4 is 9.46 Å². The summed E-state index contributed by atoms with van der Waals surface area (Å²) in [7, 11) is -3.63. The number of ether oxygens (including phenoxy) is 2. The molecule has 2 rings (SSSR count). The van der Waals surface area contributed by atoms with Crippen molar-refractivity contribution in [2.75, 3.05) is 19.4 Å². The number of benzene rings is 2. The van der Waals surface area contributed by atoms with Gasteiger partial charge in [-0.15, -0.1) is 11.8 Å². The summed E-state index contributed by atoms with van der Waals surface area (Å²) in [6, 6.07) is 13.4. The third-order valence-corrected chi connectivity index (χ3v) is 6.52. The maximum atomic E-state index is 12.5. The summed E-state index contributed by atoms with van der Waals surface area (Å²) in [4.78, 5) is 12.1. The normalized spacial score (nSPS) is 11.7. The van der Waals surface area contributed by atoms with E-state index in [1.165, 1.54) is 23.9 Å². The van der Waals surface area contributed by atoms with E-state index in [1.54, 1.807) is 51.3 Å². The van der Waals surface area contributed by atoms with Crippen LogP contribution >= 0.6 is 11.8 Å². The number of carbonyl (C=O) groups is 1. The van der Waals surface area contributed by atoms with E-state index >= 15 is 0 Å². The van der Waals surface area contributed by atoms with E-state index in [-0.39, 0.29) is 18.0 Å². The van der Waals surface area contributed by atoms with Gasteiger partial charge in [-0.3, -0.25) is 5.41 Å². The predicted molar refractivity (Wildman–Crippen MR) is 123 cm³/mol. The lowest BCUT2D eigenvalue weighted by Gasteiger charge is -2.24. The van der Waals surface area contributed by atoms with Crippen LogP contribution in [0.5, 0.6) is 5.75 Å². The number of nitrogens with one attached hydrogen (secondary N) is 2. The van der Waals surface area contributed by atoms with Gasteiger partial charge in [0.15, 0.2) is 5.60 Å².